The summed E-state index contributed by atoms with van der Waals surface area (Å²) < 4.78 is 26.5. The highest BCUT2D eigenvalue weighted by Crippen LogP contribution is 2.27. The summed E-state index contributed by atoms with van der Waals surface area (Å²) in [7, 11) is 4.67. The second kappa shape index (κ2) is 9.52. The molecule has 1 aliphatic rings. The molecule has 0 aliphatic carbocycles. The van der Waals surface area contributed by atoms with Crippen LogP contribution in [-0.4, -0.2) is 61.5 Å². The highest BCUT2D eigenvalue weighted by atomic mass is 16.5. The van der Waals surface area contributed by atoms with E-state index in [1.54, 1.807) is 37.3 Å². The van der Waals surface area contributed by atoms with Crippen molar-refractivity contribution in [1.29, 1.82) is 0 Å². The zero-order chi connectivity index (χ0) is 19.9. The third-order valence-electron chi connectivity index (χ3n) is 4.53. The smallest absolute Gasteiger partial charge is 0.257 e. The molecular formula is C19H25N3O6. The lowest BCUT2D eigenvalue weighted by molar-refractivity contribution is -0.00968. The predicted molar refractivity (Wildman–Crippen MR) is 98.3 cm³/mol. The summed E-state index contributed by atoms with van der Waals surface area (Å²) in [6.07, 6.45) is 1.63. The highest BCUT2D eigenvalue weighted by Gasteiger charge is 2.27. The van der Waals surface area contributed by atoms with Crippen LogP contribution >= 0.6 is 0 Å². The van der Waals surface area contributed by atoms with Crippen molar-refractivity contribution < 1.29 is 28.3 Å². The molecule has 0 saturated carbocycles. The monoisotopic (exact) mass is 391 g/mol. The molecule has 9 nitrogen and oxygen atoms in total. The maximum Gasteiger partial charge on any atom is 0.257 e. The van der Waals surface area contributed by atoms with Crippen LogP contribution in [0.25, 0.3) is 0 Å². The molecule has 0 N–H and O–H groups in total. The Hall–Kier alpha value is -2.65. The van der Waals surface area contributed by atoms with Gasteiger partial charge in [-0.25, -0.2) is 0 Å². The summed E-state index contributed by atoms with van der Waals surface area (Å²) in [5, 5.41) is 3.86. The van der Waals surface area contributed by atoms with Gasteiger partial charge in [0.05, 0.1) is 25.9 Å². The van der Waals surface area contributed by atoms with Crippen molar-refractivity contribution in [3.63, 3.8) is 0 Å². The van der Waals surface area contributed by atoms with Crippen LogP contribution < -0.4 is 9.47 Å². The molecule has 3 rings (SSSR count). The SMILES string of the molecule is COCc1nc(COC2CCCN(C(=O)c3ccc(OC)cc3OC)C2)no1. The van der Waals surface area contributed by atoms with E-state index in [-0.39, 0.29) is 25.2 Å². The molecule has 152 valence electrons. The van der Waals surface area contributed by atoms with E-state index < -0.39 is 0 Å². The van der Waals surface area contributed by atoms with Crippen molar-refractivity contribution in [2.24, 2.45) is 0 Å². The molecule has 1 fully saturated rings. The first-order valence-corrected chi connectivity index (χ1v) is 9.08. The van der Waals surface area contributed by atoms with Crippen molar-refractivity contribution in [3.8, 4) is 11.5 Å². The number of piperidine rings is 1. The number of amides is 1. The van der Waals surface area contributed by atoms with Gasteiger partial charge in [0, 0.05) is 26.3 Å². The van der Waals surface area contributed by atoms with Crippen LogP contribution in [-0.2, 0) is 22.7 Å². The van der Waals surface area contributed by atoms with Crippen molar-refractivity contribution in [3.05, 3.63) is 35.5 Å². The number of hydrogen-bond acceptors (Lipinski definition) is 8. The molecular weight excluding hydrogens is 366 g/mol. The Morgan fingerprint density at radius 3 is 2.86 bits per heavy atom. The molecule has 1 aromatic heterocycles. The van der Waals surface area contributed by atoms with Crippen molar-refractivity contribution in [2.45, 2.75) is 32.2 Å². The molecule has 9 heteroatoms. The van der Waals surface area contributed by atoms with E-state index in [4.69, 9.17) is 23.5 Å². The van der Waals surface area contributed by atoms with Gasteiger partial charge in [0.25, 0.3) is 11.8 Å². The molecule has 0 radical (unpaired) electrons. The predicted octanol–water partition coefficient (Wildman–Crippen LogP) is 2.05. The summed E-state index contributed by atoms with van der Waals surface area (Å²) in [5.41, 5.74) is 0.506. The first-order chi connectivity index (χ1) is 13.6. The average molecular weight is 391 g/mol. The van der Waals surface area contributed by atoms with Crippen LogP contribution in [0.1, 0.15) is 34.9 Å². The lowest BCUT2D eigenvalue weighted by Gasteiger charge is -2.32. The third kappa shape index (κ3) is 4.79. The number of carbonyl (C=O) groups is 1. The van der Waals surface area contributed by atoms with Gasteiger partial charge in [-0.2, -0.15) is 4.98 Å². The first-order valence-electron chi connectivity index (χ1n) is 9.08. The van der Waals surface area contributed by atoms with E-state index >= 15 is 0 Å². The fraction of sp³-hybridized carbons (Fsp3) is 0.526. The molecule has 1 amide bonds. The maximum absolute atomic E-state index is 13.0. The largest absolute Gasteiger partial charge is 0.497 e. The minimum atomic E-state index is -0.0914. The normalized spacial score (nSPS) is 16.8. The third-order valence-corrected chi connectivity index (χ3v) is 4.53. The van der Waals surface area contributed by atoms with Gasteiger partial charge in [0.15, 0.2) is 5.82 Å². The summed E-state index contributed by atoms with van der Waals surface area (Å²) in [5.74, 6) is 1.92. The van der Waals surface area contributed by atoms with E-state index in [9.17, 15) is 4.79 Å². The number of aromatic nitrogens is 2. The van der Waals surface area contributed by atoms with Crippen LogP contribution in [0.15, 0.2) is 22.7 Å². The second-order valence-corrected chi connectivity index (χ2v) is 6.43. The number of nitrogens with zero attached hydrogens (tertiary/aromatic N) is 3. The van der Waals surface area contributed by atoms with Crippen LogP contribution in [0.3, 0.4) is 0 Å². The van der Waals surface area contributed by atoms with Crippen molar-refractivity contribution >= 4 is 5.91 Å². The summed E-state index contributed by atoms with van der Waals surface area (Å²) in [4.78, 5) is 18.9. The fourth-order valence-electron chi connectivity index (χ4n) is 3.13. The lowest BCUT2D eigenvalue weighted by Crippen LogP contribution is -2.43. The number of methoxy groups -OCH3 is 3. The molecule has 1 unspecified atom stereocenters. The number of carbonyl (C=O) groups excluding carboxylic acids is 1. The molecule has 1 atom stereocenters. The molecule has 2 aromatic rings. The zero-order valence-corrected chi connectivity index (χ0v) is 16.3. The number of benzene rings is 1. The highest BCUT2D eigenvalue weighted by molar-refractivity contribution is 5.97. The average Bonchev–Trinajstić information content (AvgIpc) is 3.19. The summed E-state index contributed by atoms with van der Waals surface area (Å²) in [6.45, 7) is 1.67. The van der Waals surface area contributed by atoms with Crippen LogP contribution in [0.2, 0.25) is 0 Å². The molecule has 28 heavy (non-hydrogen) atoms. The number of likely N-dealkylation sites (tertiary alicyclic amines) is 1. The van der Waals surface area contributed by atoms with Gasteiger partial charge >= 0.3 is 0 Å². The van der Waals surface area contributed by atoms with Gasteiger partial charge in [-0.15, -0.1) is 0 Å². The Morgan fingerprint density at radius 2 is 2.11 bits per heavy atom. The molecule has 2 heterocycles. The minimum absolute atomic E-state index is 0.0882. The van der Waals surface area contributed by atoms with Gasteiger partial charge in [-0.05, 0) is 25.0 Å². The minimum Gasteiger partial charge on any atom is -0.497 e. The van der Waals surface area contributed by atoms with Gasteiger partial charge in [0.1, 0.15) is 24.7 Å². The van der Waals surface area contributed by atoms with E-state index in [2.05, 4.69) is 10.1 Å². The van der Waals surface area contributed by atoms with E-state index in [1.807, 2.05) is 0 Å². The Labute approximate surface area is 163 Å². The topological polar surface area (TPSA) is 96.2 Å². The Balaban J connectivity index is 1.60. The van der Waals surface area contributed by atoms with Gasteiger partial charge in [-0.3, -0.25) is 4.79 Å². The summed E-state index contributed by atoms with van der Waals surface area (Å²) >= 11 is 0. The molecule has 1 aromatic carbocycles. The van der Waals surface area contributed by atoms with Crippen LogP contribution in [0.4, 0.5) is 0 Å². The Morgan fingerprint density at radius 1 is 1.25 bits per heavy atom. The van der Waals surface area contributed by atoms with Crippen molar-refractivity contribution in [1.82, 2.24) is 15.0 Å². The number of hydrogen-bond donors (Lipinski definition) is 0. The van der Waals surface area contributed by atoms with Crippen LogP contribution in [0.5, 0.6) is 11.5 Å². The fourth-order valence-corrected chi connectivity index (χ4v) is 3.13. The van der Waals surface area contributed by atoms with Crippen molar-refractivity contribution in [2.75, 3.05) is 34.4 Å². The van der Waals surface area contributed by atoms with Gasteiger partial charge in [-0.1, -0.05) is 5.16 Å². The molecule has 1 saturated heterocycles. The number of rotatable bonds is 8. The van der Waals surface area contributed by atoms with E-state index in [1.165, 1.54) is 7.11 Å². The molecule has 0 spiro atoms. The quantitative estimate of drug-likeness (QED) is 0.675. The standard InChI is InChI=1S/C19H25N3O6/c1-24-12-18-20-17(21-28-18)11-27-14-5-4-8-22(10-14)19(23)15-7-6-13(25-2)9-16(15)26-3/h6-7,9,14H,4-5,8,10-12H2,1-3H3. The zero-order valence-electron chi connectivity index (χ0n) is 16.3. The lowest BCUT2D eigenvalue weighted by atomic mass is 10.1. The molecule has 1 aliphatic heterocycles. The van der Waals surface area contributed by atoms with E-state index in [0.717, 1.165) is 12.8 Å². The maximum atomic E-state index is 13.0. The van der Waals surface area contributed by atoms with E-state index in [0.29, 0.717) is 41.9 Å². The molecule has 0 bridgehead atoms. The van der Waals surface area contributed by atoms with Gasteiger partial charge in [0.2, 0.25) is 0 Å². The number of ether oxygens (including phenoxy) is 4. The summed E-state index contributed by atoms with van der Waals surface area (Å²) in [6, 6.07) is 5.18. The Bertz CT molecular complexity index is 794. The van der Waals surface area contributed by atoms with Gasteiger partial charge < -0.3 is 28.4 Å². The second-order valence-electron chi connectivity index (χ2n) is 6.43. The van der Waals surface area contributed by atoms with Crippen LogP contribution in [0, 0.1) is 0 Å². The Kier molecular flexibility index (Phi) is 6.83. The first kappa shape index (κ1) is 20.1.